The molecule has 8 heteroatoms. The Bertz CT molecular complexity index is 1010. The molecule has 34 heavy (non-hydrogen) atoms. The predicted octanol–water partition coefficient (Wildman–Crippen LogP) is 3.81. The van der Waals surface area contributed by atoms with Crippen LogP contribution in [0.4, 0.5) is 4.79 Å². The summed E-state index contributed by atoms with van der Waals surface area (Å²) in [5.74, 6) is -1.81. The van der Waals surface area contributed by atoms with Crippen molar-refractivity contribution in [3.63, 3.8) is 0 Å². The van der Waals surface area contributed by atoms with Crippen LogP contribution in [-0.2, 0) is 19.2 Å². The number of carbonyl (C=O) groups excluding carboxylic acids is 2. The van der Waals surface area contributed by atoms with E-state index in [4.69, 9.17) is 14.7 Å². The van der Waals surface area contributed by atoms with Crippen molar-refractivity contribution in [2.24, 2.45) is 11.8 Å². The Morgan fingerprint density at radius 1 is 1.00 bits per heavy atom. The second-order valence-electron chi connectivity index (χ2n) is 8.86. The number of nitrogens with zero attached hydrogens (tertiary/aromatic N) is 1. The number of aliphatic carboxylic acids is 1. The minimum absolute atomic E-state index is 0.0119. The van der Waals surface area contributed by atoms with E-state index in [-0.39, 0.29) is 30.3 Å². The second kappa shape index (κ2) is 10.7. The maximum absolute atomic E-state index is 12.8. The average molecular weight is 467 g/mol. The Kier molecular flexibility index (Phi) is 7.47. The van der Waals surface area contributed by atoms with Crippen molar-refractivity contribution in [2.75, 3.05) is 26.8 Å². The van der Waals surface area contributed by atoms with Gasteiger partial charge in [0.25, 0.3) is 0 Å². The molecule has 0 radical (unpaired) electrons. The van der Waals surface area contributed by atoms with Crippen molar-refractivity contribution < 1.29 is 29.1 Å². The molecule has 2 amide bonds. The van der Waals surface area contributed by atoms with Crippen LogP contribution in [0.1, 0.15) is 42.7 Å². The molecule has 0 bridgehead atoms. The van der Waals surface area contributed by atoms with Crippen LogP contribution in [-0.4, -0.2) is 54.9 Å². The number of ether oxygens (including phenoxy) is 1. The first-order valence-electron chi connectivity index (χ1n) is 11.7. The fourth-order valence-corrected chi connectivity index (χ4v) is 5.09. The lowest BCUT2D eigenvalue weighted by Gasteiger charge is -2.32. The highest BCUT2D eigenvalue weighted by Crippen LogP contribution is 2.44. The Hall–Kier alpha value is -3.39. The lowest BCUT2D eigenvalue weighted by molar-refractivity contribution is -0.191. The molecule has 1 fully saturated rings. The number of carboxylic acids is 1. The van der Waals surface area contributed by atoms with E-state index in [0.29, 0.717) is 13.0 Å². The number of benzene rings is 2. The summed E-state index contributed by atoms with van der Waals surface area (Å²) in [5, 5.41) is 12.6. The minimum atomic E-state index is -1.14. The van der Waals surface area contributed by atoms with Crippen LogP contribution in [0.5, 0.6) is 0 Å². The van der Waals surface area contributed by atoms with Crippen LogP contribution < -0.4 is 5.32 Å². The van der Waals surface area contributed by atoms with Gasteiger partial charge in [0, 0.05) is 25.4 Å². The molecule has 2 aliphatic rings. The predicted molar refractivity (Wildman–Crippen MR) is 125 cm³/mol. The van der Waals surface area contributed by atoms with Crippen molar-refractivity contribution in [1.29, 1.82) is 0 Å². The molecule has 180 valence electrons. The van der Waals surface area contributed by atoms with Crippen molar-refractivity contribution >= 4 is 18.0 Å². The quantitative estimate of drug-likeness (QED) is 0.574. The highest BCUT2D eigenvalue weighted by Gasteiger charge is 2.34. The molecular weight excluding hydrogens is 436 g/mol. The van der Waals surface area contributed by atoms with Gasteiger partial charge in [-0.1, -0.05) is 61.4 Å². The fourth-order valence-electron chi connectivity index (χ4n) is 5.09. The molecule has 0 aromatic heterocycles. The van der Waals surface area contributed by atoms with Crippen molar-refractivity contribution in [1.82, 2.24) is 10.4 Å². The summed E-state index contributed by atoms with van der Waals surface area (Å²) in [6.07, 6.45) is 2.85. The van der Waals surface area contributed by atoms with Crippen LogP contribution in [0.25, 0.3) is 11.1 Å². The number of alkyl carbamates (subject to hydrolysis) is 1. The van der Waals surface area contributed by atoms with E-state index in [2.05, 4.69) is 29.6 Å². The maximum Gasteiger partial charge on any atom is 0.407 e. The fraction of sp³-hybridized carbons (Fsp3) is 0.423. The van der Waals surface area contributed by atoms with Gasteiger partial charge in [-0.05, 0) is 41.0 Å². The van der Waals surface area contributed by atoms with Gasteiger partial charge >= 0.3 is 12.1 Å². The molecular formula is C26H30N2O6. The highest BCUT2D eigenvalue weighted by molar-refractivity contribution is 5.79. The number of carbonyl (C=O) groups is 3. The molecule has 2 atom stereocenters. The molecule has 0 spiro atoms. The van der Waals surface area contributed by atoms with E-state index in [1.165, 1.54) is 18.2 Å². The molecule has 1 saturated carbocycles. The van der Waals surface area contributed by atoms with Crippen molar-refractivity contribution in [3.8, 4) is 11.1 Å². The Labute approximate surface area is 198 Å². The molecule has 8 nitrogen and oxygen atoms in total. The largest absolute Gasteiger partial charge is 0.479 e. The van der Waals surface area contributed by atoms with Gasteiger partial charge in [-0.3, -0.25) is 9.63 Å². The average Bonchev–Trinajstić information content (AvgIpc) is 3.18. The van der Waals surface area contributed by atoms with E-state index in [1.54, 1.807) is 0 Å². The maximum atomic E-state index is 12.8. The smallest absolute Gasteiger partial charge is 0.407 e. The van der Waals surface area contributed by atoms with Gasteiger partial charge in [0.05, 0.1) is 0 Å². The minimum Gasteiger partial charge on any atom is -0.479 e. The molecule has 0 unspecified atom stereocenters. The van der Waals surface area contributed by atoms with E-state index in [9.17, 15) is 14.4 Å². The first-order chi connectivity index (χ1) is 16.5. The summed E-state index contributed by atoms with van der Waals surface area (Å²) >= 11 is 0. The molecule has 2 aromatic carbocycles. The summed E-state index contributed by atoms with van der Waals surface area (Å²) in [7, 11) is 1.43. The first-order valence-corrected chi connectivity index (χ1v) is 11.7. The summed E-state index contributed by atoms with van der Waals surface area (Å²) < 4.78 is 5.60. The van der Waals surface area contributed by atoms with Crippen molar-refractivity contribution in [2.45, 2.75) is 31.6 Å². The summed E-state index contributed by atoms with van der Waals surface area (Å²) in [6.45, 7) is -0.0177. The zero-order valence-corrected chi connectivity index (χ0v) is 19.2. The van der Waals surface area contributed by atoms with Crippen LogP contribution >= 0.6 is 0 Å². The van der Waals surface area contributed by atoms with Crippen LogP contribution in [0.3, 0.4) is 0 Å². The van der Waals surface area contributed by atoms with Crippen LogP contribution in [0.2, 0.25) is 0 Å². The molecule has 0 heterocycles. The van der Waals surface area contributed by atoms with Crippen LogP contribution in [0.15, 0.2) is 48.5 Å². The Morgan fingerprint density at radius 2 is 1.62 bits per heavy atom. The highest BCUT2D eigenvalue weighted by atomic mass is 16.7. The van der Waals surface area contributed by atoms with E-state index >= 15 is 0 Å². The number of nitrogens with one attached hydrogen (secondary N) is 1. The normalized spacial score (nSPS) is 19.1. The molecule has 2 aliphatic carbocycles. The number of hydrogen-bond acceptors (Lipinski definition) is 5. The number of fused-ring (bicyclic) bond motifs is 3. The molecule has 2 aromatic rings. The Balaban J connectivity index is 1.32. The molecule has 0 saturated heterocycles. The monoisotopic (exact) mass is 466 g/mol. The summed E-state index contributed by atoms with van der Waals surface area (Å²) in [5.41, 5.74) is 4.65. The molecule has 4 rings (SSSR count). The first kappa shape index (κ1) is 23.8. The third-order valence-corrected chi connectivity index (χ3v) is 6.77. The number of hydroxylamine groups is 2. The Morgan fingerprint density at radius 3 is 2.26 bits per heavy atom. The number of amides is 2. The van der Waals surface area contributed by atoms with Gasteiger partial charge in [0.2, 0.25) is 5.91 Å². The van der Waals surface area contributed by atoms with Gasteiger partial charge < -0.3 is 15.2 Å². The zero-order valence-electron chi connectivity index (χ0n) is 19.2. The zero-order chi connectivity index (χ0) is 24.1. The SMILES string of the molecule is CN(OCC(=O)O)C(=O)[C@H]1CCCC[C@H]1CNC(=O)OCC1c2ccccc2-c2ccccc21. The summed E-state index contributed by atoms with van der Waals surface area (Å²) in [6, 6.07) is 16.3. The van der Waals surface area contributed by atoms with Gasteiger partial charge in [0.15, 0.2) is 6.61 Å². The number of rotatable bonds is 8. The van der Waals surface area contributed by atoms with E-state index in [1.807, 2.05) is 24.3 Å². The molecule has 0 aliphatic heterocycles. The standard InChI is InChI=1S/C26H30N2O6/c1-28(34-16-24(29)30)25(31)18-9-3-2-8-17(18)14-27-26(32)33-15-23-21-12-6-4-10-19(21)20-11-5-7-13-22(20)23/h4-7,10-13,17-18,23H,2-3,8-9,14-16H2,1H3,(H,27,32)(H,29,30)/t17-,18-/m0/s1. The van der Waals surface area contributed by atoms with Gasteiger partial charge in [-0.15, -0.1) is 0 Å². The summed E-state index contributed by atoms with van der Waals surface area (Å²) in [4.78, 5) is 41.0. The lowest BCUT2D eigenvalue weighted by Crippen LogP contribution is -2.43. The van der Waals surface area contributed by atoms with Gasteiger partial charge in [0.1, 0.15) is 6.61 Å². The third-order valence-electron chi connectivity index (χ3n) is 6.77. The lowest BCUT2D eigenvalue weighted by atomic mass is 9.78. The number of hydrogen-bond donors (Lipinski definition) is 2. The molecule has 2 N–H and O–H groups in total. The van der Waals surface area contributed by atoms with Crippen LogP contribution in [0, 0.1) is 11.8 Å². The second-order valence-corrected chi connectivity index (χ2v) is 8.86. The van der Waals surface area contributed by atoms with E-state index in [0.717, 1.165) is 35.5 Å². The van der Waals surface area contributed by atoms with Gasteiger partial charge in [-0.2, -0.15) is 0 Å². The topological polar surface area (TPSA) is 105 Å². The van der Waals surface area contributed by atoms with E-state index < -0.39 is 18.7 Å². The third kappa shape index (κ3) is 5.22. The number of carboxylic acid groups (broad SMARTS) is 1. The van der Waals surface area contributed by atoms with Crippen molar-refractivity contribution in [3.05, 3.63) is 59.7 Å². The van der Waals surface area contributed by atoms with Gasteiger partial charge in [-0.25, -0.2) is 14.7 Å².